The lowest BCUT2D eigenvalue weighted by Crippen LogP contribution is -2.52. The van der Waals surface area contributed by atoms with Gasteiger partial charge in [-0.2, -0.15) is 0 Å². The van der Waals surface area contributed by atoms with Crippen LogP contribution in [0.15, 0.2) is 134 Å². The van der Waals surface area contributed by atoms with Crippen molar-refractivity contribution >= 4 is 27.4 Å². The van der Waals surface area contributed by atoms with E-state index in [-0.39, 0.29) is 29.2 Å². The van der Waals surface area contributed by atoms with Crippen molar-refractivity contribution in [3.63, 3.8) is 0 Å². The van der Waals surface area contributed by atoms with Crippen LogP contribution in [0.4, 0.5) is 13.2 Å². The highest BCUT2D eigenvalue weighted by Gasteiger charge is 2.55. The molecule has 4 aromatic rings. The molecule has 0 saturated carbocycles. The normalized spacial score (nSPS) is 17.2. The van der Waals surface area contributed by atoms with E-state index < -0.39 is 24.2 Å². The predicted octanol–water partition coefficient (Wildman–Crippen LogP) is 11.1. The number of rotatable bonds is 13. The van der Waals surface area contributed by atoms with E-state index in [4.69, 9.17) is 9.47 Å². The van der Waals surface area contributed by atoms with Crippen molar-refractivity contribution in [2.75, 3.05) is 12.4 Å². The number of methoxy groups -OCH3 is 1. The minimum absolute atomic E-state index is 0.0586. The number of ether oxygens (including phenoxy) is 2. The minimum atomic E-state index is -4.95. The van der Waals surface area contributed by atoms with Crippen LogP contribution in [0.3, 0.4) is 0 Å². The first-order valence-corrected chi connectivity index (χ1v) is 18.1. The van der Waals surface area contributed by atoms with Crippen LogP contribution in [-0.2, 0) is 23.4 Å². The van der Waals surface area contributed by atoms with Gasteiger partial charge in [0, 0.05) is 17.0 Å². The molecule has 0 aliphatic heterocycles. The molecule has 2 aliphatic carbocycles. The quantitative estimate of drug-likeness (QED) is 0.0775. The molecule has 6 rings (SSSR count). The first-order valence-electron chi connectivity index (χ1n) is 17.0. The SMILES string of the molecule is COc1cc(OCc2ccc(C3=C/C=C\C=C/C=C\3)cc2)ccc1CN(C(=O)C1(CCCCCBr)c2ccccc2-c2ccccc21)C(F)(F)F. The van der Waals surface area contributed by atoms with Crippen LogP contribution in [0.5, 0.6) is 11.5 Å². The first kappa shape index (κ1) is 36.0. The summed E-state index contributed by atoms with van der Waals surface area (Å²) in [6, 6.07) is 27.4. The number of carbonyl (C=O) groups excluding carboxylic acids is 1. The van der Waals surface area contributed by atoms with Crippen LogP contribution in [0, 0.1) is 0 Å². The van der Waals surface area contributed by atoms with E-state index in [1.165, 1.54) is 13.2 Å². The summed E-state index contributed by atoms with van der Waals surface area (Å²) < 4.78 is 56.9. The van der Waals surface area contributed by atoms with Gasteiger partial charge in [0.1, 0.15) is 23.5 Å². The monoisotopic (exact) mass is 753 g/mol. The smallest absolute Gasteiger partial charge is 0.487 e. The van der Waals surface area contributed by atoms with E-state index in [0.717, 1.165) is 46.0 Å². The molecule has 0 fully saturated rings. The number of allylic oxidation sites excluding steroid dienone is 8. The Balaban J connectivity index is 1.25. The van der Waals surface area contributed by atoms with Gasteiger partial charge in [-0.05, 0) is 63.9 Å². The van der Waals surface area contributed by atoms with E-state index in [9.17, 15) is 4.79 Å². The van der Waals surface area contributed by atoms with Crippen molar-refractivity contribution in [3.05, 3.63) is 161 Å². The summed E-state index contributed by atoms with van der Waals surface area (Å²) in [5.74, 6) is -0.349. The Morgan fingerprint density at radius 2 is 1.47 bits per heavy atom. The number of carbonyl (C=O) groups is 1. The van der Waals surface area contributed by atoms with Gasteiger partial charge in [-0.3, -0.25) is 4.79 Å². The number of hydrogen-bond acceptors (Lipinski definition) is 3. The maximum atomic E-state index is 15.1. The fourth-order valence-corrected chi connectivity index (χ4v) is 7.33. The number of unbranched alkanes of at least 4 members (excludes halogenated alkanes) is 2. The molecule has 51 heavy (non-hydrogen) atoms. The lowest BCUT2D eigenvalue weighted by atomic mass is 9.73. The number of benzene rings is 4. The van der Waals surface area contributed by atoms with Gasteiger partial charge in [0.05, 0.1) is 13.7 Å². The lowest BCUT2D eigenvalue weighted by molar-refractivity contribution is -0.246. The first-order chi connectivity index (χ1) is 24.8. The third-order valence-electron chi connectivity index (χ3n) is 9.44. The molecule has 0 bridgehead atoms. The summed E-state index contributed by atoms with van der Waals surface area (Å²) in [6.07, 6.45) is 11.5. The fourth-order valence-electron chi connectivity index (χ4n) is 6.94. The van der Waals surface area contributed by atoms with Crippen LogP contribution in [0.2, 0.25) is 0 Å². The highest BCUT2D eigenvalue weighted by Crippen LogP contribution is 2.53. The zero-order valence-corrected chi connectivity index (χ0v) is 29.9. The minimum Gasteiger partial charge on any atom is -0.496 e. The van der Waals surface area contributed by atoms with Crippen molar-refractivity contribution in [1.82, 2.24) is 4.90 Å². The summed E-state index contributed by atoms with van der Waals surface area (Å²) in [5.41, 5.74) is 4.61. The summed E-state index contributed by atoms with van der Waals surface area (Å²) in [5, 5.41) is 0.786. The Kier molecular flexibility index (Phi) is 11.3. The van der Waals surface area contributed by atoms with Gasteiger partial charge < -0.3 is 9.47 Å². The van der Waals surface area contributed by atoms with Gasteiger partial charge in [-0.25, -0.2) is 4.90 Å². The Hall–Kier alpha value is -4.82. The summed E-state index contributed by atoms with van der Waals surface area (Å²) in [4.78, 5) is 14.8. The van der Waals surface area contributed by atoms with Crippen LogP contribution >= 0.6 is 15.9 Å². The highest BCUT2D eigenvalue weighted by atomic mass is 79.9. The molecule has 0 saturated heterocycles. The van der Waals surface area contributed by atoms with Gasteiger partial charge in [-0.1, -0.05) is 144 Å². The largest absolute Gasteiger partial charge is 0.496 e. The third kappa shape index (κ3) is 7.76. The van der Waals surface area contributed by atoms with E-state index in [0.29, 0.717) is 23.3 Å². The molecule has 0 unspecified atom stereocenters. The van der Waals surface area contributed by atoms with E-state index in [2.05, 4.69) is 15.9 Å². The molecule has 2 aliphatic rings. The summed E-state index contributed by atoms with van der Waals surface area (Å²) in [7, 11) is 1.40. The van der Waals surface area contributed by atoms with Crippen molar-refractivity contribution in [1.29, 1.82) is 0 Å². The van der Waals surface area contributed by atoms with Crippen molar-refractivity contribution < 1.29 is 27.4 Å². The van der Waals surface area contributed by atoms with E-state index in [1.807, 2.05) is 91.1 Å². The second-order valence-electron chi connectivity index (χ2n) is 12.6. The number of fused-ring (bicyclic) bond motifs is 3. The Morgan fingerprint density at radius 1 is 0.804 bits per heavy atom. The molecule has 8 heteroatoms. The molecule has 0 spiro atoms. The maximum absolute atomic E-state index is 15.1. The van der Waals surface area contributed by atoms with Crippen molar-refractivity contribution in [3.8, 4) is 22.6 Å². The van der Waals surface area contributed by atoms with Gasteiger partial charge in [-0.15, -0.1) is 13.2 Å². The van der Waals surface area contributed by atoms with E-state index in [1.54, 1.807) is 36.4 Å². The van der Waals surface area contributed by atoms with Crippen LogP contribution in [0.1, 0.15) is 53.5 Å². The maximum Gasteiger partial charge on any atom is 0.487 e. The lowest BCUT2D eigenvalue weighted by Gasteiger charge is -2.37. The molecule has 0 N–H and O–H groups in total. The summed E-state index contributed by atoms with van der Waals surface area (Å²) in [6.45, 7) is -0.458. The molecular weight excluding hydrogens is 715 g/mol. The average Bonchev–Trinajstić information content (AvgIpc) is 3.41. The van der Waals surface area contributed by atoms with Gasteiger partial charge >= 0.3 is 6.30 Å². The Labute approximate surface area is 305 Å². The molecular formula is C43H39BrF3NO3. The molecule has 4 aromatic carbocycles. The van der Waals surface area contributed by atoms with Crippen LogP contribution < -0.4 is 9.47 Å². The number of amides is 1. The number of hydrogen-bond donors (Lipinski definition) is 0. The van der Waals surface area contributed by atoms with Crippen LogP contribution in [0.25, 0.3) is 16.7 Å². The molecule has 0 heterocycles. The molecule has 262 valence electrons. The summed E-state index contributed by atoms with van der Waals surface area (Å²) >= 11 is 3.45. The third-order valence-corrected chi connectivity index (χ3v) is 10.0. The Morgan fingerprint density at radius 3 is 2.14 bits per heavy atom. The van der Waals surface area contributed by atoms with Gasteiger partial charge in [0.2, 0.25) is 5.91 Å². The number of nitrogens with zero attached hydrogens (tertiary/aromatic N) is 1. The molecule has 4 nitrogen and oxygen atoms in total. The second-order valence-corrected chi connectivity index (χ2v) is 13.4. The molecule has 0 atom stereocenters. The zero-order valence-electron chi connectivity index (χ0n) is 28.3. The standard InChI is InChI=1S/C43H39BrF3NO3/c1-50-40-28-35(51-30-31-20-22-33(23-21-31)32-14-6-3-2-4-7-15-32)25-24-34(40)29-48(43(45,46)47)41(49)42(26-12-5-13-27-44)38-18-10-8-16-36(38)37-17-9-11-19-39(37)42/h2-4,6-11,14-25,28H,5,12-13,26-27,29-30H2,1H3/b3-2-,4-2?,6-3?,7-4-,14-6-,15-7?,32-14?,32-15+. The fraction of sp³-hybridized carbons (Fsp3) is 0.233. The Bertz CT molecular complexity index is 1930. The number of alkyl halides is 4. The van der Waals surface area contributed by atoms with Crippen molar-refractivity contribution in [2.45, 2.75) is 50.6 Å². The number of halogens is 4. The van der Waals surface area contributed by atoms with Gasteiger partial charge in [0.25, 0.3) is 0 Å². The van der Waals surface area contributed by atoms with E-state index >= 15 is 13.2 Å². The topological polar surface area (TPSA) is 38.8 Å². The van der Waals surface area contributed by atoms with Crippen LogP contribution in [-0.4, -0.2) is 29.5 Å². The molecule has 0 radical (unpaired) electrons. The van der Waals surface area contributed by atoms with Crippen molar-refractivity contribution in [2.24, 2.45) is 0 Å². The molecule has 1 amide bonds. The predicted molar refractivity (Wildman–Crippen MR) is 201 cm³/mol. The second kappa shape index (κ2) is 16.0. The zero-order chi connectivity index (χ0) is 35.8. The van der Waals surface area contributed by atoms with Gasteiger partial charge in [0.15, 0.2) is 0 Å². The highest BCUT2D eigenvalue weighted by molar-refractivity contribution is 9.09. The average molecular weight is 755 g/mol. The molecule has 0 aromatic heterocycles.